The lowest BCUT2D eigenvalue weighted by Gasteiger charge is -2.21. The Labute approximate surface area is 375 Å². The first-order valence-electron chi connectivity index (χ1n) is 22.0. The molecule has 0 aliphatic heterocycles. The Hall–Kier alpha value is -8.02. The van der Waals surface area contributed by atoms with Crippen molar-refractivity contribution in [3.8, 4) is 33.8 Å². The summed E-state index contributed by atoms with van der Waals surface area (Å²) in [7, 11) is 2.05. The maximum absolute atomic E-state index is 6.39. The summed E-state index contributed by atoms with van der Waals surface area (Å²) in [6, 6.07) is 53.5. The molecule has 2 heterocycles. The number of rotatable bonds is 10. The average Bonchev–Trinajstić information content (AvgIpc) is 3.47. The fourth-order valence-corrected chi connectivity index (χ4v) is 8.61. The van der Waals surface area contributed by atoms with Crippen LogP contribution in [-0.4, -0.2) is 21.6 Å². The quantitative estimate of drug-likeness (QED) is 0.110. The molecule has 2 aromatic heterocycles. The molecule has 0 fully saturated rings. The number of aromatic nitrogens is 3. The second-order valence-electron chi connectivity index (χ2n) is 15.9. The molecule has 0 radical (unpaired) electrons. The predicted molar refractivity (Wildman–Crippen MR) is 275 cm³/mol. The monoisotopic (exact) mass is 829 g/mol. The van der Waals surface area contributed by atoms with Gasteiger partial charge in [-0.2, -0.15) is 0 Å². The van der Waals surface area contributed by atoms with Gasteiger partial charge in [0.2, 0.25) is 0 Å². The fraction of sp³-hybridized carbons (Fsp3) is 0.0847. The first-order chi connectivity index (χ1) is 31.5. The zero-order valence-corrected chi connectivity index (χ0v) is 36.4. The van der Waals surface area contributed by atoms with E-state index in [0.29, 0.717) is 6.54 Å². The molecule has 10 rings (SSSR count). The summed E-state index contributed by atoms with van der Waals surface area (Å²) in [6.45, 7) is 7.08. The molecule has 0 saturated heterocycles. The minimum Gasteiger partial charge on any atom is -0.397 e. The van der Waals surface area contributed by atoms with Gasteiger partial charge < -0.3 is 10.6 Å². The number of pyridine rings is 1. The molecule has 64 heavy (non-hydrogen) atoms. The number of imidazole rings is 1. The number of allylic oxidation sites excluding steroid dienone is 11. The van der Waals surface area contributed by atoms with Gasteiger partial charge in [0.1, 0.15) is 5.69 Å². The molecule has 0 saturated carbocycles. The van der Waals surface area contributed by atoms with Crippen LogP contribution in [0.1, 0.15) is 25.5 Å². The normalized spacial score (nSPS) is 12.6. The van der Waals surface area contributed by atoms with Gasteiger partial charge in [0.15, 0.2) is 5.82 Å². The van der Waals surface area contributed by atoms with Gasteiger partial charge in [0, 0.05) is 23.9 Å². The molecule has 0 atom stereocenters. The molecule has 9 aromatic rings. The van der Waals surface area contributed by atoms with E-state index in [9.17, 15) is 0 Å². The van der Waals surface area contributed by atoms with Gasteiger partial charge in [-0.05, 0) is 105 Å². The largest absolute Gasteiger partial charge is 0.397 e. The van der Waals surface area contributed by atoms with Crippen LogP contribution in [-0.2, 0) is 6.54 Å². The van der Waals surface area contributed by atoms with E-state index >= 15 is 0 Å². The molecule has 5 heteroatoms. The number of nitrogens with two attached hydrogens (primary N) is 1. The Bertz CT molecular complexity index is 3310. The van der Waals surface area contributed by atoms with Crippen LogP contribution in [0.3, 0.4) is 0 Å². The number of hydrogen-bond acceptors (Lipinski definition) is 4. The van der Waals surface area contributed by atoms with Crippen LogP contribution in [0.5, 0.6) is 0 Å². The van der Waals surface area contributed by atoms with Crippen LogP contribution < -0.4 is 10.6 Å². The topological polar surface area (TPSA) is 60.0 Å². The molecule has 1 aliphatic carbocycles. The summed E-state index contributed by atoms with van der Waals surface area (Å²) in [5.41, 5.74) is 17.0. The summed E-state index contributed by atoms with van der Waals surface area (Å²) in [5, 5.41) is 7.04. The van der Waals surface area contributed by atoms with Gasteiger partial charge in [-0.1, -0.05) is 177 Å². The van der Waals surface area contributed by atoms with Crippen molar-refractivity contribution in [2.45, 2.75) is 26.3 Å². The summed E-state index contributed by atoms with van der Waals surface area (Å²) in [4.78, 5) is 13.1. The van der Waals surface area contributed by atoms with Gasteiger partial charge in [-0.3, -0.25) is 4.57 Å². The Morgan fingerprint density at radius 2 is 1.28 bits per heavy atom. The lowest BCUT2D eigenvalue weighted by Crippen LogP contribution is -2.18. The Kier molecular flexibility index (Phi) is 12.2. The number of anilines is 2. The van der Waals surface area contributed by atoms with Crippen LogP contribution in [0.2, 0.25) is 0 Å². The van der Waals surface area contributed by atoms with E-state index in [0.717, 1.165) is 91.2 Å². The first-order valence-corrected chi connectivity index (χ1v) is 22.0. The highest BCUT2D eigenvalue weighted by molar-refractivity contribution is 6.21. The Morgan fingerprint density at radius 1 is 0.672 bits per heavy atom. The maximum Gasteiger partial charge on any atom is 0.164 e. The van der Waals surface area contributed by atoms with Crippen molar-refractivity contribution in [2.24, 2.45) is 0 Å². The van der Waals surface area contributed by atoms with Crippen LogP contribution in [0.15, 0.2) is 219 Å². The molecule has 312 valence electrons. The van der Waals surface area contributed by atoms with E-state index in [1.807, 2.05) is 49.5 Å². The molecule has 2 N–H and O–H groups in total. The van der Waals surface area contributed by atoms with E-state index in [-0.39, 0.29) is 0 Å². The molecular formula is C59H51N5. The summed E-state index contributed by atoms with van der Waals surface area (Å²) in [5.74, 6) is 0.740. The third-order valence-corrected chi connectivity index (χ3v) is 11.7. The first kappa shape index (κ1) is 41.3. The highest BCUT2D eigenvalue weighted by Gasteiger charge is 2.26. The highest BCUT2D eigenvalue weighted by atomic mass is 15.1. The van der Waals surface area contributed by atoms with Crippen LogP contribution in [0, 0.1) is 0 Å². The third-order valence-electron chi connectivity index (χ3n) is 11.7. The summed E-state index contributed by atoms with van der Waals surface area (Å²) < 4.78 is 2.27. The second-order valence-corrected chi connectivity index (χ2v) is 15.9. The van der Waals surface area contributed by atoms with Crippen molar-refractivity contribution in [2.75, 3.05) is 17.7 Å². The van der Waals surface area contributed by atoms with E-state index in [1.165, 1.54) is 21.5 Å². The standard InChI is InChI=1S/C52H43N5.C7H8/c1-4-6-7-22-42(5-2)57-51-49(40-31-29-36-18-9-11-20-38(36)33-40)44-24-13-12-23-43(44)48(39-30-28-35-17-8-10-19-37(35)32-39)50(51)55-52(57)46-26-16-21-41(54-46)34-56(3)47-27-15-14-25-45(47)53;1-2-4-6-7-5-3-1/h5-33H,2,4,34,53H2,1,3H3;1-6H,7H2/b7-6-,42-22+;. The molecule has 5 nitrogen and oxygen atoms in total. The fourth-order valence-electron chi connectivity index (χ4n) is 8.61. The summed E-state index contributed by atoms with van der Waals surface area (Å²) >= 11 is 0. The minimum absolute atomic E-state index is 0.570. The smallest absolute Gasteiger partial charge is 0.164 e. The minimum atomic E-state index is 0.570. The van der Waals surface area contributed by atoms with Crippen molar-refractivity contribution in [1.29, 1.82) is 0 Å². The predicted octanol–water partition coefficient (Wildman–Crippen LogP) is 15.2. The highest BCUT2D eigenvalue weighted by Crippen LogP contribution is 2.46. The van der Waals surface area contributed by atoms with Gasteiger partial charge in [-0.15, -0.1) is 0 Å². The lowest BCUT2D eigenvalue weighted by atomic mass is 9.89. The van der Waals surface area contributed by atoms with Gasteiger partial charge >= 0.3 is 0 Å². The van der Waals surface area contributed by atoms with Crippen LogP contribution in [0.25, 0.3) is 82.8 Å². The molecule has 0 spiro atoms. The molecule has 1 aliphatic rings. The third kappa shape index (κ3) is 8.44. The molecule has 0 unspecified atom stereocenters. The number of hydrogen-bond donors (Lipinski definition) is 1. The number of nitrogen functional groups attached to an aromatic ring is 1. The molecule has 0 amide bonds. The van der Waals surface area contributed by atoms with Crippen molar-refractivity contribution in [1.82, 2.24) is 14.5 Å². The van der Waals surface area contributed by atoms with Crippen LogP contribution in [0.4, 0.5) is 11.4 Å². The van der Waals surface area contributed by atoms with Gasteiger partial charge in [0.25, 0.3) is 0 Å². The zero-order chi connectivity index (χ0) is 43.8. The number of benzene rings is 7. The number of para-hydroxylation sites is 2. The summed E-state index contributed by atoms with van der Waals surface area (Å²) in [6.07, 6.45) is 22.7. The number of fused-ring (bicyclic) bond motifs is 4. The molecular weight excluding hydrogens is 779 g/mol. The van der Waals surface area contributed by atoms with E-state index < -0.39 is 0 Å². The number of nitrogens with zero attached hydrogens (tertiary/aromatic N) is 4. The average molecular weight is 830 g/mol. The van der Waals surface area contributed by atoms with Crippen molar-refractivity contribution < 1.29 is 0 Å². The van der Waals surface area contributed by atoms with Gasteiger partial charge in [0.05, 0.1) is 34.6 Å². The van der Waals surface area contributed by atoms with Crippen molar-refractivity contribution >= 4 is 60.4 Å². The Morgan fingerprint density at radius 3 is 1.94 bits per heavy atom. The van der Waals surface area contributed by atoms with Crippen molar-refractivity contribution in [3.63, 3.8) is 0 Å². The van der Waals surface area contributed by atoms with Crippen molar-refractivity contribution in [3.05, 3.63) is 225 Å². The van der Waals surface area contributed by atoms with Crippen LogP contribution >= 0.6 is 0 Å². The zero-order valence-electron chi connectivity index (χ0n) is 36.4. The van der Waals surface area contributed by atoms with E-state index in [2.05, 4.69) is 193 Å². The SMILES string of the molecule is C1=CC=CCC=C1.C=C/C(=C\C=C/CC)n1c(-c2cccc(CN(C)c3ccccc3N)n2)nc2c(-c3ccc4ccccc4c3)c3ccccc3c(-c3ccc4ccccc4c3)c21. The molecule has 0 bridgehead atoms. The molecule has 7 aromatic carbocycles. The second kappa shape index (κ2) is 18.9. The lowest BCUT2D eigenvalue weighted by molar-refractivity contribution is 0.885. The Balaban J connectivity index is 0.000000677. The van der Waals surface area contributed by atoms with E-state index in [4.69, 9.17) is 15.7 Å². The maximum atomic E-state index is 6.39. The van der Waals surface area contributed by atoms with E-state index in [1.54, 1.807) is 0 Å². The van der Waals surface area contributed by atoms with Gasteiger partial charge in [-0.25, -0.2) is 9.97 Å².